The molecule has 0 bridgehead atoms. The second-order valence-corrected chi connectivity index (χ2v) is 5.29. The van der Waals surface area contributed by atoms with Gasteiger partial charge in [0.2, 0.25) is 0 Å². The first-order chi connectivity index (χ1) is 11.7. The molecule has 0 aliphatic heterocycles. The van der Waals surface area contributed by atoms with Gasteiger partial charge in [-0.3, -0.25) is 4.79 Å². The number of carbonyl (C=O) groups excluding carboxylic acids is 1. The van der Waals surface area contributed by atoms with Crippen LogP contribution in [0.3, 0.4) is 0 Å². The van der Waals surface area contributed by atoms with Gasteiger partial charge in [0.15, 0.2) is 0 Å². The van der Waals surface area contributed by atoms with Crippen molar-refractivity contribution in [2.75, 3.05) is 13.2 Å². The van der Waals surface area contributed by atoms with E-state index < -0.39 is 0 Å². The minimum Gasteiger partial charge on any atom is -0.490 e. The number of aldehydes is 1. The van der Waals surface area contributed by atoms with E-state index in [1.165, 1.54) is 6.07 Å². The SMILES string of the molecule is Cc1cc(=O)oc2cc(OCCOc3ccc(C=O)cc3)ccc12. The van der Waals surface area contributed by atoms with Gasteiger partial charge in [-0.25, -0.2) is 4.79 Å². The molecule has 0 amide bonds. The fraction of sp³-hybridized carbons (Fsp3) is 0.158. The number of benzene rings is 2. The first-order valence-electron chi connectivity index (χ1n) is 7.51. The number of hydrogen-bond donors (Lipinski definition) is 0. The van der Waals surface area contributed by atoms with Crippen LogP contribution >= 0.6 is 0 Å². The van der Waals surface area contributed by atoms with Gasteiger partial charge >= 0.3 is 5.63 Å². The lowest BCUT2D eigenvalue weighted by atomic mass is 10.1. The molecule has 0 saturated heterocycles. The van der Waals surface area contributed by atoms with Crippen molar-refractivity contribution >= 4 is 17.3 Å². The summed E-state index contributed by atoms with van der Waals surface area (Å²) in [5.41, 5.74) is 1.60. The molecule has 0 fully saturated rings. The summed E-state index contributed by atoms with van der Waals surface area (Å²) in [6.45, 7) is 2.57. The summed E-state index contributed by atoms with van der Waals surface area (Å²) in [5, 5.41) is 0.883. The molecule has 5 nitrogen and oxygen atoms in total. The van der Waals surface area contributed by atoms with Gasteiger partial charge in [0.1, 0.15) is 36.6 Å². The summed E-state index contributed by atoms with van der Waals surface area (Å²) in [6.07, 6.45) is 0.784. The van der Waals surface area contributed by atoms with Crippen LogP contribution < -0.4 is 15.1 Å². The Bertz CT molecular complexity index is 909. The molecule has 122 valence electrons. The maximum atomic E-state index is 11.4. The topological polar surface area (TPSA) is 65.7 Å². The molecule has 24 heavy (non-hydrogen) atoms. The summed E-state index contributed by atoms with van der Waals surface area (Å²) in [5.74, 6) is 1.28. The lowest BCUT2D eigenvalue weighted by Gasteiger charge is -2.09. The van der Waals surface area contributed by atoms with Crippen molar-refractivity contribution in [2.45, 2.75) is 6.92 Å². The van der Waals surface area contributed by atoms with Crippen LogP contribution in [-0.2, 0) is 0 Å². The smallest absolute Gasteiger partial charge is 0.336 e. The first-order valence-corrected chi connectivity index (χ1v) is 7.51. The standard InChI is InChI=1S/C19H16O5/c1-13-10-19(21)24-18-11-16(6-7-17(13)18)23-9-8-22-15-4-2-14(12-20)3-5-15/h2-7,10-12H,8-9H2,1H3. The summed E-state index contributed by atoms with van der Waals surface area (Å²) in [6, 6.07) is 13.7. The quantitative estimate of drug-likeness (QED) is 0.395. The average Bonchev–Trinajstić information content (AvgIpc) is 2.59. The Morgan fingerprint density at radius 1 is 0.958 bits per heavy atom. The van der Waals surface area contributed by atoms with Crippen LogP contribution in [0.4, 0.5) is 0 Å². The van der Waals surface area contributed by atoms with E-state index in [1.807, 2.05) is 19.1 Å². The molecule has 0 unspecified atom stereocenters. The number of rotatable bonds is 6. The zero-order valence-electron chi connectivity index (χ0n) is 13.2. The van der Waals surface area contributed by atoms with Crippen LogP contribution in [0.15, 0.2) is 57.7 Å². The Balaban J connectivity index is 1.59. The predicted octanol–water partition coefficient (Wildman–Crippen LogP) is 3.37. The molecule has 0 spiro atoms. The monoisotopic (exact) mass is 324 g/mol. The molecule has 2 aromatic carbocycles. The second-order valence-electron chi connectivity index (χ2n) is 5.29. The van der Waals surface area contributed by atoms with Crippen molar-refractivity contribution < 1.29 is 18.7 Å². The lowest BCUT2D eigenvalue weighted by Crippen LogP contribution is -2.09. The van der Waals surface area contributed by atoms with Gasteiger partial charge in [0, 0.05) is 23.1 Å². The van der Waals surface area contributed by atoms with E-state index in [4.69, 9.17) is 13.9 Å². The van der Waals surface area contributed by atoms with Gasteiger partial charge in [-0.05, 0) is 48.9 Å². The van der Waals surface area contributed by atoms with Crippen LogP contribution in [0.5, 0.6) is 11.5 Å². The maximum Gasteiger partial charge on any atom is 0.336 e. The minimum atomic E-state index is -0.376. The number of ether oxygens (including phenoxy) is 2. The second kappa shape index (κ2) is 7.00. The molecule has 5 heteroatoms. The molecule has 3 rings (SSSR count). The summed E-state index contributed by atoms with van der Waals surface area (Å²) < 4.78 is 16.3. The van der Waals surface area contributed by atoms with Crippen molar-refractivity contribution in [2.24, 2.45) is 0 Å². The van der Waals surface area contributed by atoms with E-state index in [1.54, 1.807) is 30.3 Å². The maximum absolute atomic E-state index is 11.4. The number of aryl methyl sites for hydroxylation is 1. The van der Waals surface area contributed by atoms with Crippen LogP contribution in [0.1, 0.15) is 15.9 Å². The molecular formula is C19H16O5. The van der Waals surface area contributed by atoms with E-state index in [0.29, 0.717) is 35.9 Å². The number of fused-ring (bicyclic) bond motifs is 1. The van der Waals surface area contributed by atoms with Crippen molar-refractivity contribution in [3.63, 3.8) is 0 Å². The molecule has 1 heterocycles. The normalized spacial score (nSPS) is 10.5. The zero-order valence-corrected chi connectivity index (χ0v) is 13.2. The Morgan fingerprint density at radius 2 is 1.62 bits per heavy atom. The van der Waals surface area contributed by atoms with Crippen molar-refractivity contribution in [1.82, 2.24) is 0 Å². The van der Waals surface area contributed by atoms with Gasteiger partial charge < -0.3 is 13.9 Å². The molecule has 1 aromatic heterocycles. The Labute approximate surface area is 138 Å². The Kier molecular flexibility index (Phi) is 4.61. The molecule has 0 N–H and O–H groups in total. The van der Waals surface area contributed by atoms with Crippen molar-refractivity contribution in [3.8, 4) is 11.5 Å². The molecule has 3 aromatic rings. The minimum absolute atomic E-state index is 0.344. The highest BCUT2D eigenvalue weighted by molar-refractivity contribution is 5.81. The highest BCUT2D eigenvalue weighted by atomic mass is 16.5. The predicted molar refractivity (Wildman–Crippen MR) is 90.0 cm³/mol. The van der Waals surface area contributed by atoms with Gasteiger partial charge in [-0.1, -0.05) is 0 Å². The van der Waals surface area contributed by atoms with Crippen molar-refractivity contribution in [3.05, 3.63) is 70.1 Å². The molecule has 0 atom stereocenters. The number of hydrogen-bond acceptors (Lipinski definition) is 5. The highest BCUT2D eigenvalue weighted by Gasteiger charge is 2.04. The molecular weight excluding hydrogens is 308 g/mol. The largest absolute Gasteiger partial charge is 0.490 e. The summed E-state index contributed by atoms with van der Waals surface area (Å²) in [4.78, 5) is 22.0. The molecule has 0 saturated carbocycles. The van der Waals surface area contributed by atoms with E-state index in [2.05, 4.69) is 0 Å². The first kappa shape index (κ1) is 15.8. The number of carbonyl (C=O) groups is 1. The molecule has 0 aliphatic rings. The van der Waals surface area contributed by atoms with E-state index in [-0.39, 0.29) is 5.63 Å². The lowest BCUT2D eigenvalue weighted by molar-refractivity contribution is 0.112. The highest BCUT2D eigenvalue weighted by Crippen LogP contribution is 2.22. The van der Waals surface area contributed by atoms with Gasteiger partial charge in [0.25, 0.3) is 0 Å². The van der Waals surface area contributed by atoms with Crippen LogP contribution in [0.2, 0.25) is 0 Å². The van der Waals surface area contributed by atoms with E-state index in [0.717, 1.165) is 17.2 Å². The third-order valence-corrected chi connectivity index (χ3v) is 3.56. The zero-order chi connectivity index (χ0) is 16.9. The van der Waals surface area contributed by atoms with Gasteiger partial charge in [-0.15, -0.1) is 0 Å². The summed E-state index contributed by atoms with van der Waals surface area (Å²) >= 11 is 0. The van der Waals surface area contributed by atoms with Crippen LogP contribution in [0, 0.1) is 6.92 Å². The van der Waals surface area contributed by atoms with Gasteiger partial charge in [-0.2, -0.15) is 0 Å². The third kappa shape index (κ3) is 3.63. The average molecular weight is 324 g/mol. The third-order valence-electron chi connectivity index (χ3n) is 3.56. The fourth-order valence-electron chi connectivity index (χ4n) is 2.36. The Hall–Kier alpha value is -3.08. The van der Waals surface area contributed by atoms with Crippen LogP contribution in [0.25, 0.3) is 11.0 Å². The molecule has 0 aliphatic carbocycles. The van der Waals surface area contributed by atoms with E-state index in [9.17, 15) is 9.59 Å². The molecule has 0 radical (unpaired) electrons. The van der Waals surface area contributed by atoms with Crippen LogP contribution in [-0.4, -0.2) is 19.5 Å². The Morgan fingerprint density at radius 3 is 2.33 bits per heavy atom. The van der Waals surface area contributed by atoms with Crippen molar-refractivity contribution in [1.29, 1.82) is 0 Å². The fourth-order valence-corrected chi connectivity index (χ4v) is 2.36. The van der Waals surface area contributed by atoms with Gasteiger partial charge in [0.05, 0.1) is 0 Å². The van der Waals surface area contributed by atoms with E-state index >= 15 is 0 Å². The summed E-state index contributed by atoms with van der Waals surface area (Å²) in [7, 11) is 0.